The molecule has 0 radical (unpaired) electrons. The van der Waals surface area contributed by atoms with Gasteiger partial charge >= 0.3 is 0 Å². The zero-order valence-electron chi connectivity index (χ0n) is 13.4. The highest BCUT2D eigenvalue weighted by Crippen LogP contribution is 2.32. The fourth-order valence-corrected chi connectivity index (χ4v) is 3.31. The maximum atomic E-state index is 12.0. The zero-order valence-corrected chi connectivity index (χ0v) is 13.4. The largest absolute Gasteiger partial charge is 0.491 e. The number of hydrogen-bond donors (Lipinski definition) is 1. The molecule has 0 bridgehead atoms. The topological polar surface area (TPSA) is 68.2 Å². The van der Waals surface area contributed by atoms with Crippen LogP contribution in [0.1, 0.15) is 12.0 Å². The number of benzene rings is 1. The van der Waals surface area contributed by atoms with Crippen molar-refractivity contribution in [3.63, 3.8) is 0 Å². The average molecular weight is 329 g/mol. The Bertz CT molecular complexity index is 722. The lowest BCUT2D eigenvalue weighted by molar-refractivity contribution is -0.118. The summed E-state index contributed by atoms with van der Waals surface area (Å²) in [6.45, 7) is 1.16. The number of anilines is 1. The standard InChI is InChI=1S/C18H19NO5/c1-19-13-8-11(3-5-15(13)22-7-6-16(19)21)2-4-12-9-23-18-14(20)10-24-17(12)18/h3,5,8,12,14,17-18,20H,6-7,9-10H2,1H3. The maximum Gasteiger partial charge on any atom is 0.230 e. The van der Waals surface area contributed by atoms with Crippen LogP contribution < -0.4 is 9.64 Å². The van der Waals surface area contributed by atoms with Gasteiger partial charge in [-0.25, -0.2) is 0 Å². The molecule has 4 atom stereocenters. The van der Waals surface area contributed by atoms with Crippen molar-refractivity contribution < 1.29 is 24.1 Å². The molecule has 2 fully saturated rings. The monoisotopic (exact) mass is 329 g/mol. The molecule has 4 rings (SSSR count). The van der Waals surface area contributed by atoms with Crippen LogP contribution in [0, 0.1) is 17.8 Å². The molecule has 4 unspecified atom stereocenters. The summed E-state index contributed by atoms with van der Waals surface area (Å²) in [4.78, 5) is 13.6. The first-order chi connectivity index (χ1) is 11.6. The summed E-state index contributed by atoms with van der Waals surface area (Å²) in [7, 11) is 1.75. The van der Waals surface area contributed by atoms with Gasteiger partial charge in [-0.3, -0.25) is 4.79 Å². The van der Waals surface area contributed by atoms with Crippen molar-refractivity contribution in [2.24, 2.45) is 5.92 Å². The highest BCUT2D eigenvalue weighted by atomic mass is 16.6. The highest BCUT2D eigenvalue weighted by Gasteiger charge is 2.46. The number of carbonyl (C=O) groups is 1. The summed E-state index contributed by atoms with van der Waals surface area (Å²) >= 11 is 0. The van der Waals surface area contributed by atoms with Crippen LogP contribution in [0.5, 0.6) is 5.75 Å². The van der Waals surface area contributed by atoms with Crippen LogP contribution in [0.25, 0.3) is 0 Å². The van der Waals surface area contributed by atoms with E-state index >= 15 is 0 Å². The van der Waals surface area contributed by atoms with E-state index in [0.717, 1.165) is 11.3 Å². The molecule has 0 aromatic heterocycles. The molecule has 1 amide bonds. The van der Waals surface area contributed by atoms with Gasteiger partial charge < -0.3 is 24.2 Å². The quantitative estimate of drug-likeness (QED) is 0.705. The normalized spacial score (nSPS) is 31.6. The van der Waals surface area contributed by atoms with E-state index < -0.39 is 6.10 Å². The third-order valence-corrected chi connectivity index (χ3v) is 4.70. The van der Waals surface area contributed by atoms with E-state index in [1.807, 2.05) is 18.2 Å². The van der Waals surface area contributed by atoms with Crippen LogP contribution in [0.15, 0.2) is 18.2 Å². The average Bonchev–Trinajstić information content (AvgIpc) is 3.12. The number of nitrogens with zero attached hydrogens (tertiary/aromatic N) is 1. The second-order valence-corrected chi connectivity index (χ2v) is 6.27. The molecule has 24 heavy (non-hydrogen) atoms. The first-order valence-corrected chi connectivity index (χ1v) is 8.10. The van der Waals surface area contributed by atoms with Gasteiger partial charge in [0.05, 0.1) is 37.8 Å². The Labute approximate surface area is 140 Å². The molecule has 0 spiro atoms. The molecule has 6 heteroatoms. The summed E-state index contributed by atoms with van der Waals surface area (Å²) < 4.78 is 16.8. The SMILES string of the molecule is CN1C(=O)CCOc2ccc(C#CC3COC4C(O)COC34)cc21. The van der Waals surface area contributed by atoms with Crippen LogP contribution >= 0.6 is 0 Å². The van der Waals surface area contributed by atoms with Gasteiger partial charge in [-0.15, -0.1) is 0 Å². The Balaban J connectivity index is 1.57. The molecule has 1 aromatic carbocycles. The van der Waals surface area contributed by atoms with Crippen molar-refractivity contribution in [3.05, 3.63) is 23.8 Å². The van der Waals surface area contributed by atoms with E-state index in [2.05, 4.69) is 11.8 Å². The van der Waals surface area contributed by atoms with Crippen LogP contribution in [0.3, 0.4) is 0 Å². The van der Waals surface area contributed by atoms with E-state index in [1.165, 1.54) is 0 Å². The Hall–Kier alpha value is -2.07. The van der Waals surface area contributed by atoms with Crippen molar-refractivity contribution in [1.82, 2.24) is 0 Å². The number of amides is 1. The van der Waals surface area contributed by atoms with Crippen molar-refractivity contribution >= 4 is 11.6 Å². The Morgan fingerprint density at radius 1 is 1.25 bits per heavy atom. The highest BCUT2D eigenvalue weighted by molar-refractivity contribution is 5.95. The summed E-state index contributed by atoms with van der Waals surface area (Å²) in [6, 6.07) is 5.59. The molecule has 3 aliphatic heterocycles. The van der Waals surface area contributed by atoms with Gasteiger partial charge in [0.2, 0.25) is 5.91 Å². The molecule has 3 heterocycles. The van der Waals surface area contributed by atoms with Gasteiger partial charge in [-0.1, -0.05) is 11.8 Å². The number of hydrogen-bond acceptors (Lipinski definition) is 5. The van der Waals surface area contributed by atoms with Crippen LogP contribution in [-0.2, 0) is 14.3 Å². The zero-order chi connectivity index (χ0) is 16.7. The summed E-state index contributed by atoms with van der Waals surface area (Å²) in [5.74, 6) is 6.99. The first-order valence-electron chi connectivity index (χ1n) is 8.10. The molecule has 0 saturated carbocycles. The number of fused-ring (bicyclic) bond motifs is 2. The van der Waals surface area contributed by atoms with Gasteiger partial charge in [-0.2, -0.15) is 0 Å². The third kappa shape index (κ3) is 2.65. The van der Waals surface area contributed by atoms with E-state index in [1.54, 1.807) is 11.9 Å². The lowest BCUT2D eigenvalue weighted by Gasteiger charge is -2.16. The molecule has 126 valence electrons. The van der Waals surface area contributed by atoms with Crippen molar-refractivity contribution in [2.45, 2.75) is 24.7 Å². The molecular weight excluding hydrogens is 310 g/mol. The molecule has 3 aliphatic rings. The molecule has 6 nitrogen and oxygen atoms in total. The summed E-state index contributed by atoms with van der Waals surface area (Å²) in [5.41, 5.74) is 1.54. The third-order valence-electron chi connectivity index (χ3n) is 4.70. The number of rotatable bonds is 0. The minimum absolute atomic E-state index is 0.0271. The van der Waals surface area contributed by atoms with Gasteiger partial charge in [0.1, 0.15) is 24.1 Å². The Kier molecular flexibility index (Phi) is 3.93. The maximum absolute atomic E-state index is 12.0. The predicted molar refractivity (Wildman–Crippen MR) is 85.8 cm³/mol. The van der Waals surface area contributed by atoms with Gasteiger partial charge in [0, 0.05) is 12.6 Å². The van der Waals surface area contributed by atoms with Crippen LogP contribution in [-0.4, -0.2) is 56.2 Å². The van der Waals surface area contributed by atoms with E-state index in [4.69, 9.17) is 14.2 Å². The van der Waals surface area contributed by atoms with Gasteiger partial charge in [0.25, 0.3) is 0 Å². The Morgan fingerprint density at radius 3 is 2.96 bits per heavy atom. The molecule has 1 N–H and O–H groups in total. The smallest absolute Gasteiger partial charge is 0.230 e. The van der Waals surface area contributed by atoms with Crippen LogP contribution in [0.4, 0.5) is 5.69 Å². The molecule has 1 aromatic rings. The van der Waals surface area contributed by atoms with E-state index in [9.17, 15) is 9.90 Å². The number of aliphatic hydroxyl groups excluding tert-OH is 1. The minimum atomic E-state index is -0.564. The molecule has 2 saturated heterocycles. The van der Waals surface area contributed by atoms with Crippen molar-refractivity contribution in [2.75, 3.05) is 31.8 Å². The fourth-order valence-electron chi connectivity index (χ4n) is 3.31. The lowest BCUT2D eigenvalue weighted by atomic mass is 10.0. The second kappa shape index (κ2) is 6.10. The fraction of sp³-hybridized carbons (Fsp3) is 0.500. The van der Waals surface area contributed by atoms with E-state index in [0.29, 0.717) is 32.0 Å². The lowest BCUT2D eigenvalue weighted by Crippen LogP contribution is -2.28. The van der Waals surface area contributed by atoms with Crippen molar-refractivity contribution in [3.8, 4) is 17.6 Å². The summed E-state index contributed by atoms with van der Waals surface area (Å²) in [6.07, 6.45) is -0.630. The van der Waals surface area contributed by atoms with Crippen LogP contribution in [0.2, 0.25) is 0 Å². The Morgan fingerprint density at radius 2 is 2.08 bits per heavy atom. The number of carbonyl (C=O) groups excluding carboxylic acids is 1. The number of ether oxygens (including phenoxy) is 3. The number of aliphatic hydroxyl groups is 1. The molecule has 0 aliphatic carbocycles. The van der Waals surface area contributed by atoms with Crippen molar-refractivity contribution in [1.29, 1.82) is 0 Å². The second-order valence-electron chi connectivity index (χ2n) is 6.27. The minimum Gasteiger partial charge on any atom is -0.491 e. The summed E-state index contributed by atoms with van der Waals surface area (Å²) in [5, 5.41) is 9.77. The molecular formula is C18H19NO5. The first kappa shape index (κ1) is 15.5. The predicted octanol–water partition coefficient (Wildman–Crippen LogP) is 0.558. The van der Waals surface area contributed by atoms with Gasteiger partial charge in [0.15, 0.2) is 0 Å². The van der Waals surface area contributed by atoms with E-state index in [-0.39, 0.29) is 24.0 Å². The van der Waals surface area contributed by atoms with Gasteiger partial charge in [-0.05, 0) is 18.2 Å².